The van der Waals surface area contributed by atoms with Gasteiger partial charge in [0.2, 0.25) is 0 Å². The number of likely N-dealkylation sites (N-methyl/N-ethyl adjacent to an activating group) is 1. The minimum Gasteiger partial charge on any atom is -0.326 e. The van der Waals surface area contributed by atoms with Crippen LogP contribution in [-0.2, 0) is 0 Å². The first-order valence-electron chi connectivity index (χ1n) is 8.41. The number of nitrogens with two attached hydrogens (primary N) is 1. The summed E-state index contributed by atoms with van der Waals surface area (Å²) in [5, 5.41) is 0. The Kier molecular flexibility index (Phi) is 6.32. The topological polar surface area (TPSA) is 29.3 Å². The van der Waals surface area contributed by atoms with Gasteiger partial charge in [-0.1, -0.05) is 41.0 Å². The quantitative estimate of drug-likeness (QED) is 0.791. The van der Waals surface area contributed by atoms with Gasteiger partial charge in [0.05, 0.1) is 0 Å². The van der Waals surface area contributed by atoms with Crippen LogP contribution in [0.25, 0.3) is 0 Å². The number of hydrogen-bond donors (Lipinski definition) is 1. The van der Waals surface area contributed by atoms with Gasteiger partial charge in [-0.15, -0.1) is 0 Å². The first kappa shape index (κ1) is 17.0. The summed E-state index contributed by atoms with van der Waals surface area (Å²) in [6.07, 6.45) is 5.15. The summed E-state index contributed by atoms with van der Waals surface area (Å²) in [5.41, 5.74) is 6.92. The zero-order valence-electron chi connectivity index (χ0n) is 14.1. The van der Waals surface area contributed by atoms with Crippen LogP contribution in [0.4, 0.5) is 0 Å². The van der Waals surface area contributed by atoms with Gasteiger partial charge in [0.15, 0.2) is 0 Å². The summed E-state index contributed by atoms with van der Waals surface area (Å²) >= 11 is 0. The Labute approximate surface area is 121 Å². The second-order valence-electron chi connectivity index (χ2n) is 6.94. The van der Waals surface area contributed by atoms with E-state index in [2.05, 4.69) is 46.4 Å². The van der Waals surface area contributed by atoms with Gasteiger partial charge in [-0.25, -0.2) is 0 Å². The first-order chi connectivity index (χ1) is 8.90. The van der Waals surface area contributed by atoms with Crippen molar-refractivity contribution in [3.63, 3.8) is 0 Å². The Bertz CT molecular complexity index is 262. The Morgan fingerprint density at radius 1 is 1.11 bits per heavy atom. The second kappa shape index (κ2) is 7.08. The third-order valence-electron chi connectivity index (χ3n) is 6.07. The molecule has 0 amide bonds. The highest BCUT2D eigenvalue weighted by Gasteiger charge is 2.40. The Balaban J connectivity index is 2.80. The molecule has 0 radical (unpaired) electrons. The van der Waals surface area contributed by atoms with Gasteiger partial charge >= 0.3 is 0 Å². The molecule has 0 aliphatic heterocycles. The number of hydrogen-bond acceptors (Lipinski definition) is 2. The molecule has 0 aromatic carbocycles. The van der Waals surface area contributed by atoms with Gasteiger partial charge in [0.1, 0.15) is 0 Å². The van der Waals surface area contributed by atoms with Gasteiger partial charge in [0.25, 0.3) is 0 Å². The molecule has 5 atom stereocenters. The molecule has 0 aromatic rings. The minimum atomic E-state index is 0.161. The van der Waals surface area contributed by atoms with Gasteiger partial charge < -0.3 is 5.73 Å². The third kappa shape index (κ3) is 3.52. The van der Waals surface area contributed by atoms with Crippen LogP contribution in [0.15, 0.2) is 0 Å². The SMILES string of the molecule is CCN(CC)C(C)(CC)C(N)C1CCC(C)C(C)C1. The molecule has 0 aromatic heterocycles. The molecular weight excluding hydrogens is 232 g/mol. The van der Waals surface area contributed by atoms with Gasteiger partial charge in [0, 0.05) is 11.6 Å². The molecule has 0 bridgehead atoms. The van der Waals surface area contributed by atoms with Crippen LogP contribution >= 0.6 is 0 Å². The average Bonchev–Trinajstić information content (AvgIpc) is 2.42. The molecule has 1 saturated carbocycles. The summed E-state index contributed by atoms with van der Waals surface area (Å²) < 4.78 is 0. The molecule has 0 spiro atoms. The maximum Gasteiger partial charge on any atom is 0.0332 e. The molecule has 1 aliphatic rings. The van der Waals surface area contributed by atoms with Crippen LogP contribution < -0.4 is 5.73 Å². The van der Waals surface area contributed by atoms with E-state index in [0.29, 0.717) is 12.0 Å². The monoisotopic (exact) mass is 268 g/mol. The molecule has 1 aliphatic carbocycles. The fraction of sp³-hybridized carbons (Fsp3) is 1.00. The highest BCUT2D eigenvalue weighted by atomic mass is 15.2. The number of rotatable bonds is 6. The van der Waals surface area contributed by atoms with Gasteiger partial charge in [-0.05, 0) is 57.0 Å². The predicted molar refractivity (Wildman–Crippen MR) is 85.3 cm³/mol. The minimum absolute atomic E-state index is 0.161. The van der Waals surface area contributed by atoms with Crippen LogP contribution in [0.1, 0.15) is 67.2 Å². The molecule has 19 heavy (non-hydrogen) atoms. The lowest BCUT2D eigenvalue weighted by molar-refractivity contribution is 0.0415. The van der Waals surface area contributed by atoms with E-state index in [9.17, 15) is 0 Å². The fourth-order valence-electron chi connectivity index (χ4n) is 4.04. The first-order valence-corrected chi connectivity index (χ1v) is 8.41. The van der Waals surface area contributed by atoms with E-state index in [1.54, 1.807) is 0 Å². The highest BCUT2D eigenvalue weighted by molar-refractivity contribution is 4.99. The van der Waals surface area contributed by atoms with Crippen LogP contribution in [0.5, 0.6) is 0 Å². The molecule has 2 N–H and O–H groups in total. The molecule has 1 fully saturated rings. The summed E-state index contributed by atoms with van der Waals surface area (Å²) in [5.74, 6) is 2.42. The molecule has 5 unspecified atom stereocenters. The Hall–Kier alpha value is -0.0800. The van der Waals surface area contributed by atoms with Crippen molar-refractivity contribution in [2.45, 2.75) is 78.8 Å². The van der Waals surface area contributed by atoms with Crippen LogP contribution in [0.2, 0.25) is 0 Å². The standard InChI is InChI=1S/C17H36N2/c1-7-17(6,19(8-2)9-3)16(18)15-11-10-13(4)14(5)12-15/h13-16H,7-12,18H2,1-6H3. The van der Waals surface area contributed by atoms with Crippen molar-refractivity contribution in [2.24, 2.45) is 23.5 Å². The molecule has 1 rings (SSSR count). The van der Waals surface area contributed by atoms with E-state index in [1.165, 1.54) is 19.3 Å². The summed E-state index contributed by atoms with van der Waals surface area (Å²) in [6.45, 7) is 16.2. The van der Waals surface area contributed by atoms with E-state index in [-0.39, 0.29) is 5.54 Å². The van der Waals surface area contributed by atoms with Crippen molar-refractivity contribution in [3.8, 4) is 0 Å². The summed E-state index contributed by atoms with van der Waals surface area (Å²) in [7, 11) is 0. The Morgan fingerprint density at radius 3 is 2.11 bits per heavy atom. The van der Waals surface area contributed by atoms with Crippen molar-refractivity contribution in [2.75, 3.05) is 13.1 Å². The van der Waals surface area contributed by atoms with Crippen LogP contribution in [0, 0.1) is 17.8 Å². The predicted octanol–water partition coefficient (Wildman–Crippen LogP) is 3.90. The van der Waals surface area contributed by atoms with Crippen molar-refractivity contribution in [1.82, 2.24) is 4.90 Å². The smallest absolute Gasteiger partial charge is 0.0332 e. The lowest BCUT2D eigenvalue weighted by Crippen LogP contribution is -2.61. The zero-order valence-corrected chi connectivity index (χ0v) is 14.1. The van der Waals surface area contributed by atoms with E-state index in [1.807, 2.05) is 0 Å². The second-order valence-corrected chi connectivity index (χ2v) is 6.94. The van der Waals surface area contributed by atoms with Crippen molar-refractivity contribution in [3.05, 3.63) is 0 Å². The van der Waals surface area contributed by atoms with Crippen molar-refractivity contribution < 1.29 is 0 Å². The molecule has 0 saturated heterocycles. The van der Waals surface area contributed by atoms with E-state index < -0.39 is 0 Å². The molecule has 114 valence electrons. The highest BCUT2D eigenvalue weighted by Crippen LogP contribution is 2.38. The maximum absolute atomic E-state index is 6.76. The van der Waals surface area contributed by atoms with E-state index in [0.717, 1.165) is 31.3 Å². The molecule has 2 heteroatoms. The van der Waals surface area contributed by atoms with E-state index in [4.69, 9.17) is 5.73 Å². The lowest BCUT2D eigenvalue weighted by atomic mass is 9.68. The van der Waals surface area contributed by atoms with E-state index >= 15 is 0 Å². The lowest BCUT2D eigenvalue weighted by Gasteiger charge is -2.49. The molecule has 2 nitrogen and oxygen atoms in total. The number of nitrogens with zero attached hydrogens (tertiary/aromatic N) is 1. The maximum atomic E-state index is 6.76. The van der Waals surface area contributed by atoms with Gasteiger partial charge in [-0.3, -0.25) is 4.90 Å². The third-order valence-corrected chi connectivity index (χ3v) is 6.07. The van der Waals surface area contributed by atoms with Crippen LogP contribution in [0.3, 0.4) is 0 Å². The molecular formula is C17H36N2. The normalized spacial score (nSPS) is 33.2. The Morgan fingerprint density at radius 2 is 1.68 bits per heavy atom. The van der Waals surface area contributed by atoms with Crippen LogP contribution in [-0.4, -0.2) is 29.6 Å². The molecule has 0 heterocycles. The average molecular weight is 268 g/mol. The van der Waals surface area contributed by atoms with Crippen molar-refractivity contribution in [1.29, 1.82) is 0 Å². The largest absolute Gasteiger partial charge is 0.326 e. The fourth-order valence-corrected chi connectivity index (χ4v) is 4.04. The summed E-state index contributed by atoms with van der Waals surface area (Å²) in [4.78, 5) is 2.57. The van der Waals surface area contributed by atoms with Crippen molar-refractivity contribution >= 4 is 0 Å². The summed E-state index contributed by atoms with van der Waals surface area (Å²) in [6, 6.07) is 0.312. The van der Waals surface area contributed by atoms with Gasteiger partial charge in [-0.2, -0.15) is 0 Å². The zero-order chi connectivity index (χ0) is 14.6.